The van der Waals surface area contributed by atoms with Crippen molar-refractivity contribution in [1.82, 2.24) is 4.31 Å². The van der Waals surface area contributed by atoms with Crippen molar-refractivity contribution in [3.05, 3.63) is 74.8 Å². The summed E-state index contributed by atoms with van der Waals surface area (Å²) in [6, 6.07) is 13.1. The van der Waals surface area contributed by atoms with Crippen LogP contribution in [0.25, 0.3) is 0 Å². The summed E-state index contributed by atoms with van der Waals surface area (Å²) < 4.78 is 26.3. The summed E-state index contributed by atoms with van der Waals surface area (Å²) >= 11 is 6.11. The molecule has 1 aliphatic rings. The topological polar surface area (TPSA) is 80.5 Å². The Bertz CT molecular complexity index is 883. The van der Waals surface area contributed by atoms with Gasteiger partial charge in [0, 0.05) is 16.5 Å². The van der Waals surface area contributed by atoms with Gasteiger partial charge in [-0.25, -0.2) is 8.42 Å². The minimum absolute atomic E-state index is 0.0333. The van der Waals surface area contributed by atoms with Gasteiger partial charge in [0.1, 0.15) is 0 Å². The molecular weight excluding hydrogens is 352 g/mol. The van der Waals surface area contributed by atoms with Gasteiger partial charge in [-0.3, -0.25) is 10.1 Å². The highest BCUT2D eigenvalue weighted by molar-refractivity contribution is 7.89. The highest BCUT2D eigenvalue weighted by atomic mass is 35.5. The number of nitro groups is 1. The van der Waals surface area contributed by atoms with E-state index in [0.717, 1.165) is 9.87 Å². The molecule has 6 nitrogen and oxygen atoms in total. The van der Waals surface area contributed by atoms with Crippen molar-refractivity contribution in [3.63, 3.8) is 0 Å². The van der Waals surface area contributed by atoms with E-state index in [4.69, 9.17) is 11.6 Å². The van der Waals surface area contributed by atoms with Crippen molar-refractivity contribution in [1.29, 1.82) is 0 Å². The number of halogens is 1. The lowest BCUT2D eigenvalue weighted by atomic mass is 9.90. The molecule has 24 heavy (non-hydrogen) atoms. The molecule has 1 fully saturated rings. The SMILES string of the molecule is Cc1ccc(S(=O)(=O)N2C[C@@H](c3ccccc3Cl)[C@@H]2[N+](=O)[O-])cc1. The number of benzene rings is 2. The maximum atomic E-state index is 12.7. The van der Waals surface area contributed by atoms with Gasteiger partial charge in [-0.15, -0.1) is 4.31 Å². The summed E-state index contributed by atoms with van der Waals surface area (Å²) in [5, 5.41) is 11.9. The normalized spacial score (nSPS) is 21.2. The van der Waals surface area contributed by atoms with E-state index in [1.165, 1.54) is 12.1 Å². The van der Waals surface area contributed by atoms with E-state index in [1.807, 2.05) is 6.92 Å². The first-order valence-electron chi connectivity index (χ1n) is 7.29. The van der Waals surface area contributed by atoms with E-state index >= 15 is 0 Å². The van der Waals surface area contributed by atoms with Gasteiger partial charge in [-0.1, -0.05) is 47.5 Å². The van der Waals surface area contributed by atoms with Crippen LogP contribution in [0.1, 0.15) is 17.0 Å². The van der Waals surface area contributed by atoms with Gasteiger partial charge in [0.15, 0.2) is 0 Å². The smallest absolute Gasteiger partial charge is 0.263 e. The number of hydrogen-bond donors (Lipinski definition) is 0. The number of aryl methyl sites for hydroxylation is 1. The molecule has 2 atom stereocenters. The average molecular weight is 367 g/mol. The lowest BCUT2D eigenvalue weighted by Gasteiger charge is -2.40. The Balaban J connectivity index is 1.94. The Hall–Kier alpha value is -1.96. The van der Waals surface area contributed by atoms with E-state index < -0.39 is 27.0 Å². The van der Waals surface area contributed by atoms with Gasteiger partial charge in [0.25, 0.3) is 6.17 Å². The van der Waals surface area contributed by atoms with Gasteiger partial charge >= 0.3 is 0 Å². The van der Waals surface area contributed by atoms with Crippen LogP contribution in [0.3, 0.4) is 0 Å². The third kappa shape index (κ3) is 2.79. The first-order chi connectivity index (χ1) is 11.3. The molecule has 0 N–H and O–H groups in total. The summed E-state index contributed by atoms with van der Waals surface area (Å²) in [5.74, 6) is -0.561. The van der Waals surface area contributed by atoms with Gasteiger partial charge in [0.2, 0.25) is 10.0 Å². The summed E-state index contributed by atoms with van der Waals surface area (Å²) in [6.45, 7) is 1.87. The Morgan fingerprint density at radius 2 is 1.79 bits per heavy atom. The molecule has 2 aromatic rings. The Morgan fingerprint density at radius 3 is 2.38 bits per heavy atom. The number of hydrogen-bond acceptors (Lipinski definition) is 4. The second kappa shape index (κ2) is 6.16. The molecule has 126 valence electrons. The zero-order chi connectivity index (χ0) is 17.5. The zero-order valence-corrected chi connectivity index (χ0v) is 14.4. The highest BCUT2D eigenvalue weighted by Gasteiger charge is 2.55. The van der Waals surface area contributed by atoms with Gasteiger partial charge in [0.05, 0.1) is 10.8 Å². The number of sulfonamides is 1. The lowest BCUT2D eigenvalue weighted by Crippen LogP contribution is -2.60. The lowest BCUT2D eigenvalue weighted by molar-refractivity contribution is -0.563. The largest absolute Gasteiger partial charge is 0.289 e. The highest BCUT2D eigenvalue weighted by Crippen LogP contribution is 2.41. The van der Waals surface area contributed by atoms with Crippen LogP contribution >= 0.6 is 11.6 Å². The molecule has 1 aliphatic heterocycles. The van der Waals surface area contributed by atoms with Crippen molar-refractivity contribution < 1.29 is 13.3 Å². The van der Waals surface area contributed by atoms with Crippen LogP contribution in [0.15, 0.2) is 53.4 Å². The molecular formula is C16H15ClN2O4S. The van der Waals surface area contributed by atoms with Crippen LogP contribution in [0.4, 0.5) is 0 Å². The van der Waals surface area contributed by atoms with Gasteiger partial charge in [-0.2, -0.15) is 0 Å². The molecule has 0 aliphatic carbocycles. The Morgan fingerprint density at radius 1 is 1.17 bits per heavy atom. The summed E-state index contributed by atoms with van der Waals surface area (Å²) in [6.07, 6.45) is -1.35. The van der Waals surface area contributed by atoms with Crippen LogP contribution in [0.5, 0.6) is 0 Å². The summed E-state index contributed by atoms with van der Waals surface area (Å²) in [7, 11) is -3.92. The van der Waals surface area contributed by atoms with Gasteiger partial charge in [-0.05, 0) is 30.7 Å². The quantitative estimate of drug-likeness (QED) is 0.615. The number of rotatable bonds is 4. The first-order valence-corrected chi connectivity index (χ1v) is 9.10. The van der Waals surface area contributed by atoms with E-state index in [1.54, 1.807) is 36.4 Å². The molecule has 0 saturated carbocycles. The molecule has 1 saturated heterocycles. The second-order valence-electron chi connectivity index (χ2n) is 5.71. The molecule has 0 amide bonds. The van der Waals surface area contributed by atoms with Crippen LogP contribution < -0.4 is 0 Å². The molecule has 0 aromatic heterocycles. The first kappa shape index (κ1) is 16.9. The summed E-state index contributed by atoms with van der Waals surface area (Å²) in [4.78, 5) is 11.0. The fourth-order valence-corrected chi connectivity index (χ4v) is 4.72. The van der Waals surface area contributed by atoms with Crippen molar-refractivity contribution in [2.75, 3.05) is 6.54 Å². The molecule has 2 aromatic carbocycles. The minimum Gasteiger partial charge on any atom is -0.263 e. The van der Waals surface area contributed by atoms with Crippen molar-refractivity contribution in [2.45, 2.75) is 23.9 Å². The molecule has 0 radical (unpaired) electrons. The molecule has 8 heteroatoms. The predicted molar refractivity (Wildman–Crippen MR) is 90.0 cm³/mol. The summed E-state index contributed by atoms with van der Waals surface area (Å²) in [5.41, 5.74) is 1.51. The van der Waals surface area contributed by atoms with E-state index in [9.17, 15) is 18.5 Å². The van der Waals surface area contributed by atoms with Gasteiger partial charge < -0.3 is 0 Å². The predicted octanol–water partition coefficient (Wildman–Crippen LogP) is 3.04. The van der Waals surface area contributed by atoms with Crippen LogP contribution in [0.2, 0.25) is 5.02 Å². The molecule has 0 bridgehead atoms. The van der Waals surface area contributed by atoms with Crippen LogP contribution in [-0.4, -0.2) is 30.4 Å². The third-order valence-corrected chi connectivity index (χ3v) is 6.37. The van der Waals surface area contributed by atoms with Crippen molar-refractivity contribution >= 4 is 21.6 Å². The monoisotopic (exact) mass is 366 g/mol. The maximum absolute atomic E-state index is 12.7. The maximum Gasteiger partial charge on any atom is 0.289 e. The molecule has 0 unspecified atom stereocenters. The van der Waals surface area contributed by atoms with E-state index in [2.05, 4.69) is 0 Å². The fraction of sp³-hybridized carbons (Fsp3) is 0.250. The molecule has 0 spiro atoms. The third-order valence-electron chi connectivity index (χ3n) is 4.18. The number of nitrogens with zero attached hydrogens (tertiary/aromatic N) is 2. The standard InChI is InChI=1S/C16H15ClN2O4S/c1-11-6-8-12(9-7-11)24(22,23)18-10-14(16(18)19(20)21)13-4-2-3-5-15(13)17/h2-9,14,16H,10H2,1H3/t14-,16-/m0/s1. The fourth-order valence-electron chi connectivity index (χ4n) is 2.83. The van der Waals surface area contributed by atoms with Crippen LogP contribution in [-0.2, 0) is 10.0 Å². The Kier molecular flexibility index (Phi) is 4.33. The second-order valence-corrected chi connectivity index (χ2v) is 8.01. The Labute approximate surface area is 144 Å². The minimum atomic E-state index is -3.92. The van der Waals surface area contributed by atoms with Crippen molar-refractivity contribution in [3.8, 4) is 0 Å². The van der Waals surface area contributed by atoms with Crippen LogP contribution in [0, 0.1) is 17.0 Å². The van der Waals surface area contributed by atoms with E-state index in [-0.39, 0.29) is 11.4 Å². The zero-order valence-electron chi connectivity index (χ0n) is 12.8. The average Bonchev–Trinajstić information content (AvgIpc) is 2.48. The molecule has 3 rings (SSSR count). The van der Waals surface area contributed by atoms with E-state index in [0.29, 0.717) is 10.6 Å². The van der Waals surface area contributed by atoms with Crippen molar-refractivity contribution in [2.24, 2.45) is 0 Å². The molecule has 1 heterocycles.